The summed E-state index contributed by atoms with van der Waals surface area (Å²) in [6.07, 6.45) is -0.325. The van der Waals surface area contributed by atoms with Crippen LogP contribution >= 0.6 is 0 Å². The average Bonchev–Trinajstić information content (AvgIpc) is 2.33. The summed E-state index contributed by atoms with van der Waals surface area (Å²) in [5.74, 6) is -1.93. The summed E-state index contributed by atoms with van der Waals surface area (Å²) in [7, 11) is 2.96. The summed E-state index contributed by atoms with van der Waals surface area (Å²) < 4.78 is 14.3. The molecule has 3 N–H and O–H groups in total. The van der Waals surface area contributed by atoms with E-state index in [-0.39, 0.29) is 12.6 Å². The van der Waals surface area contributed by atoms with E-state index >= 15 is 0 Å². The zero-order valence-electron chi connectivity index (χ0n) is 10.8. The highest BCUT2D eigenvalue weighted by atomic mass is 16.5. The topological polar surface area (TPSA) is 123 Å². The number of carboxylic acid groups (broad SMARTS) is 1. The van der Waals surface area contributed by atoms with Crippen molar-refractivity contribution in [3.63, 3.8) is 0 Å². The third-order valence-corrected chi connectivity index (χ3v) is 1.89. The molecule has 0 fully saturated rings. The maximum atomic E-state index is 11.3. The molecular formula is C10H18N2O7. The number of urea groups is 1. The number of carbonyl (C=O) groups is 3. The smallest absolute Gasteiger partial charge is 0.329 e. The SMILES string of the molecule is COCC(CNC(=O)NC(=O)COCC(=O)O)OC. The van der Waals surface area contributed by atoms with Crippen LogP contribution in [0.15, 0.2) is 0 Å². The molecule has 3 amide bonds. The molecule has 110 valence electrons. The highest BCUT2D eigenvalue weighted by Gasteiger charge is 2.11. The number of carbonyl (C=O) groups excluding carboxylic acids is 2. The highest BCUT2D eigenvalue weighted by molar-refractivity contribution is 5.94. The van der Waals surface area contributed by atoms with Gasteiger partial charge in [-0.1, -0.05) is 0 Å². The lowest BCUT2D eigenvalue weighted by Crippen LogP contribution is -2.45. The van der Waals surface area contributed by atoms with Crippen LogP contribution in [0, 0.1) is 0 Å². The summed E-state index contributed by atoms with van der Waals surface area (Å²) in [6, 6.07) is -0.720. The van der Waals surface area contributed by atoms with E-state index in [0.717, 1.165) is 0 Å². The van der Waals surface area contributed by atoms with E-state index < -0.39 is 31.1 Å². The van der Waals surface area contributed by atoms with E-state index in [4.69, 9.17) is 14.6 Å². The average molecular weight is 278 g/mol. The van der Waals surface area contributed by atoms with E-state index in [1.54, 1.807) is 0 Å². The second-order valence-corrected chi connectivity index (χ2v) is 3.46. The molecule has 0 aromatic rings. The first-order valence-corrected chi connectivity index (χ1v) is 5.38. The molecule has 0 saturated heterocycles. The molecule has 0 aliphatic heterocycles. The number of hydrogen-bond donors (Lipinski definition) is 3. The molecule has 0 saturated carbocycles. The molecule has 19 heavy (non-hydrogen) atoms. The molecule has 0 aliphatic rings. The molecule has 0 bridgehead atoms. The number of rotatable bonds is 9. The molecule has 0 aromatic heterocycles. The van der Waals surface area contributed by atoms with Crippen LogP contribution in [-0.4, -0.2) is 69.7 Å². The highest BCUT2D eigenvalue weighted by Crippen LogP contribution is 1.88. The lowest BCUT2D eigenvalue weighted by molar-refractivity contribution is -0.143. The van der Waals surface area contributed by atoms with Crippen molar-refractivity contribution in [2.24, 2.45) is 0 Å². The van der Waals surface area contributed by atoms with E-state index in [0.29, 0.717) is 6.61 Å². The number of carboxylic acids is 1. The standard InChI is InChI=1S/C10H18N2O7/c1-17-4-7(18-2)3-11-10(16)12-8(13)5-19-6-9(14)15/h7H,3-6H2,1-2H3,(H,14,15)(H2,11,12,13,16). The molecule has 9 heteroatoms. The molecule has 0 spiro atoms. The van der Waals surface area contributed by atoms with Crippen LogP contribution in [0.5, 0.6) is 0 Å². The van der Waals surface area contributed by atoms with Gasteiger partial charge in [-0.3, -0.25) is 10.1 Å². The predicted molar refractivity (Wildman–Crippen MR) is 62.7 cm³/mol. The number of aliphatic carboxylic acids is 1. The van der Waals surface area contributed by atoms with Crippen LogP contribution in [-0.2, 0) is 23.8 Å². The second-order valence-electron chi connectivity index (χ2n) is 3.46. The number of nitrogens with one attached hydrogen (secondary N) is 2. The van der Waals surface area contributed by atoms with Crippen molar-refractivity contribution in [2.45, 2.75) is 6.10 Å². The summed E-state index contributed by atoms with van der Waals surface area (Å²) >= 11 is 0. The van der Waals surface area contributed by atoms with Crippen molar-refractivity contribution < 1.29 is 33.7 Å². The lowest BCUT2D eigenvalue weighted by atomic mass is 10.4. The van der Waals surface area contributed by atoms with E-state index in [1.807, 2.05) is 5.32 Å². The Bertz CT molecular complexity index is 308. The Labute approximate surface area is 110 Å². The first kappa shape index (κ1) is 17.3. The quantitative estimate of drug-likeness (QED) is 0.472. The molecule has 0 aromatic carbocycles. The number of ether oxygens (including phenoxy) is 3. The Morgan fingerprint density at radius 1 is 1.21 bits per heavy atom. The van der Waals surface area contributed by atoms with Crippen molar-refractivity contribution in [2.75, 3.05) is 40.6 Å². The van der Waals surface area contributed by atoms with Crippen LogP contribution in [0.2, 0.25) is 0 Å². The van der Waals surface area contributed by atoms with Gasteiger partial charge in [0.2, 0.25) is 0 Å². The Morgan fingerprint density at radius 3 is 2.42 bits per heavy atom. The zero-order valence-corrected chi connectivity index (χ0v) is 10.8. The van der Waals surface area contributed by atoms with Gasteiger partial charge in [0.1, 0.15) is 13.2 Å². The van der Waals surface area contributed by atoms with Gasteiger partial charge in [0, 0.05) is 20.8 Å². The maximum Gasteiger partial charge on any atom is 0.329 e. The Hall–Kier alpha value is -1.71. The van der Waals surface area contributed by atoms with Crippen molar-refractivity contribution in [3.05, 3.63) is 0 Å². The van der Waals surface area contributed by atoms with Crippen molar-refractivity contribution in [3.8, 4) is 0 Å². The molecular weight excluding hydrogens is 260 g/mol. The minimum absolute atomic E-state index is 0.166. The van der Waals surface area contributed by atoms with Gasteiger partial charge in [-0.25, -0.2) is 9.59 Å². The third-order valence-electron chi connectivity index (χ3n) is 1.89. The van der Waals surface area contributed by atoms with E-state index in [9.17, 15) is 14.4 Å². The van der Waals surface area contributed by atoms with Gasteiger partial charge in [0.25, 0.3) is 5.91 Å². The summed E-state index contributed by atoms with van der Waals surface area (Å²) in [4.78, 5) is 32.5. The second kappa shape index (κ2) is 10.2. The van der Waals surface area contributed by atoms with E-state index in [1.165, 1.54) is 14.2 Å². The van der Waals surface area contributed by atoms with Gasteiger partial charge in [0.15, 0.2) is 0 Å². The predicted octanol–water partition coefficient (Wildman–Crippen LogP) is -1.43. The number of hydrogen-bond acceptors (Lipinski definition) is 6. The van der Waals surface area contributed by atoms with Crippen molar-refractivity contribution in [1.82, 2.24) is 10.6 Å². The zero-order chi connectivity index (χ0) is 14.7. The van der Waals surface area contributed by atoms with Crippen LogP contribution < -0.4 is 10.6 Å². The Kier molecular flexibility index (Phi) is 9.31. The Morgan fingerprint density at radius 2 is 1.89 bits per heavy atom. The monoisotopic (exact) mass is 278 g/mol. The molecule has 1 atom stereocenters. The molecule has 0 heterocycles. The van der Waals surface area contributed by atoms with E-state index in [2.05, 4.69) is 10.1 Å². The summed E-state index contributed by atoms with van der Waals surface area (Å²) in [6.45, 7) is -0.647. The van der Waals surface area contributed by atoms with Gasteiger partial charge in [-0.2, -0.15) is 0 Å². The van der Waals surface area contributed by atoms with Crippen LogP contribution in [0.1, 0.15) is 0 Å². The molecule has 0 rings (SSSR count). The maximum absolute atomic E-state index is 11.3. The summed E-state index contributed by atoms with van der Waals surface area (Å²) in [5, 5.41) is 12.6. The van der Waals surface area contributed by atoms with Crippen molar-refractivity contribution >= 4 is 17.9 Å². The molecule has 1 unspecified atom stereocenters. The van der Waals surface area contributed by atoms with Gasteiger partial charge < -0.3 is 24.6 Å². The number of methoxy groups -OCH3 is 2. The van der Waals surface area contributed by atoms with Gasteiger partial charge in [-0.05, 0) is 0 Å². The third kappa shape index (κ3) is 9.94. The number of imide groups is 1. The molecule has 0 aliphatic carbocycles. The van der Waals surface area contributed by atoms with Crippen molar-refractivity contribution in [1.29, 1.82) is 0 Å². The fourth-order valence-corrected chi connectivity index (χ4v) is 1.04. The first-order chi connectivity index (χ1) is 8.99. The number of amides is 3. The fraction of sp³-hybridized carbons (Fsp3) is 0.700. The lowest BCUT2D eigenvalue weighted by Gasteiger charge is -2.15. The van der Waals surface area contributed by atoms with Crippen LogP contribution in [0.25, 0.3) is 0 Å². The van der Waals surface area contributed by atoms with Crippen LogP contribution in [0.4, 0.5) is 4.79 Å². The fourth-order valence-electron chi connectivity index (χ4n) is 1.04. The van der Waals surface area contributed by atoms with Crippen LogP contribution in [0.3, 0.4) is 0 Å². The minimum Gasteiger partial charge on any atom is -0.480 e. The van der Waals surface area contributed by atoms with Gasteiger partial charge in [0.05, 0.1) is 12.7 Å². The minimum atomic E-state index is -1.19. The molecule has 9 nitrogen and oxygen atoms in total. The first-order valence-electron chi connectivity index (χ1n) is 5.38. The molecule has 0 radical (unpaired) electrons. The summed E-state index contributed by atoms with van der Waals surface area (Å²) in [5.41, 5.74) is 0. The Balaban J connectivity index is 3.78. The van der Waals surface area contributed by atoms with Gasteiger partial charge in [-0.15, -0.1) is 0 Å². The normalized spacial score (nSPS) is 11.7. The van der Waals surface area contributed by atoms with Gasteiger partial charge >= 0.3 is 12.0 Å². The largest absolute Gasteiger partial charge is 0.480 e.